The van der Waals surface area contributed by atoms with Crippen molar-refractivity contribution in [3.63, 3.8) is 0 Å². The first-order valence-corrected chi connectivity index (χ1v) is 5.86. The Labute approximate surface area is 94.0 Å². The van der Waals surface area contributed by atoms with E-state index in [1.54, 1.807) is 0 Å². The maximum atomic E-state index is 9.26. The molecule has 2 unspecified atom stereocenters. The molecule has 92 valence electrons. The van der Waals surface area contributed by atoms with Crippen LogP contribution >= 0.6 is 0 Å². The molecule has 0 heterocycles. The number of ether oxygens (including phenoxy) is 1. The molecule has 3 heteroatoms. The fraction of sp³-hybridized carbons (Fsp3) is 1.00. The van der Waals surface area contributed by atoms with Crippen LogP contribution in [0.1, 0.15) is 47.5 Å². The van der Waals surface area contributed by atoms with Gasteiger partial charge in [0.15, 0.2) is 0 Å². The van der Waals surface area contributed by atoms with E-state index in [0.717, 1.165) is 12.8 Å². The zero-order valence-corrected chi connectivity index (χ0v) is 10.8. The zero-order chi connectivity index (χ0) is 12.1. The topological polar surface area (TPSA) is 55.5 Å². The maximum absolute atomic E-state index is 9.26. The zero-order valence-electron chi connectivity index (χ0n) is 10.8. The van der Waals surface area contributed by atoms with Gasteiger partial charge >= 0.3 is 0 Å². The van der Waals surface area contributed by atoms with Crippen molar-refractivity contribution in [2.24, 2.45) is 11.7 Å². The standard InChI is InChI=1S/C12H27NO2/c1-6-12(4,5)15-11(8-14)10(13)7-9(2)3/h9-11,14H,6-8,13H2,1-5H3. The molecule has 15 heavy (non-hydrogen) atoms. The summed E-state index contributed by atoms with van der Waals surface area (Å²) in [5.41, 5.74) is 5.80. The van der Waals surface area contributed by atoms with E-state index < -0.39 is 0 Å². The number of aliphatic hydroxyl groups is 1. The van der Waals surface area contributed by atoms with Gasteiger partial charge in [-0.15, -0.1) is 0 Å². The summed E-state index contributed by atoms with van der Waals surface area (Å²) in [5.74, 6) is 0.530. The molecule has 0 saturated carbocycles. The number of nitrogens with two attached hydrogens (primary N) is 1. The summed E-state index contributed by atoms with van der Waals surface area (Å²) in [4.78, 5) is 0. The summed E-state index contributed by atoms with van der Waals surface area (Å²) in [6.45, 7) is 10.4. The van der Waals surface area contributed by atoms with Gasteiger partial charge < -0.3 is 15.6 Å². The van der Waals surface area contributed by atoms with E-state index >= 15 is 0 Å². The Hall–Kier alpha value is -0.120. The van der Waals surface area contributed by atoms with Gasteiger partial charge in [0.2, 0.25) is 0 Å². The lowest BCUT2D eigenvalue weighted by molar-refractivity contribution is -0.103. The van der Waals surface area contributed by atoms with Gasteiger partial charge in [0.05, 0.1) is 18.3 Å². The van der Waals surface area contributed by atoms with Crippen molar-refractivity contribution in [1.82, 2.24) is 0 Å². The lowest BCUT2D eigenvalue weighted by atomic mass is 9.99. The largest absolute Gasteiger partial charge is 0.394 e. The molecule has 0 radical (unpaired) electrons. The fourth-order valence-electron chi connectivity index (χ4n) is 1.45. The number of hydrogen-bond donors (Lipinski definition) is 2. The second-order valence-electron chi connectivity index (χ2n) is 5.25. The molecule has 0 amide bonds. The molecular formula is C12H27NO2. The van der Waals surface area contributed by atoms with Crippen molar-refractivity contribution in [2.75, 3.05) is 6.61 Å². The third-order valence-electron chi connectivity index (χ3n) is 2.72. The summed E-state index contributed by atoms with van der Waals surface area (Å²) in [6, 6.07) is -0.0826. The van der Waals surface area contributed by atoms with Crippen LogP contribution in [0.4, 0.5) is 0 Å². The van der Waals surface area contributed by atoms with E-state index in [9.17, 15) is 5.11 Å². The van der Waals surface area contributed by atoms with Gasteiger partial charge in [-0.05, 0) is 32.6 Å². The van der Waals surface area contributed by atoms with Crippen LogP contribution in [0.5, 0.6) is 0 Å². The van der Waals surface area contributed by atoms with E-state index in [1.807, 2.05) is 13.8 Å². The minimum Gasteiger partial charge on any atom is -0.394 e. The third-order valence-corrected chi connectivity index (χ3v) is 2.72. The third kappa shape index (κ3) is 6.13. The molecule has 3 N–H and O–H groups in total. The molecule has 0 aromatic carbocycles. The highest BCUT2D eigenvalue weighted by Gasteiger charge is 2.26. The average molecular weight is 217 g/mol. The Morgan fingerprint density at radius 1 is 1.33 bits per heavy atom. The molecule has 0 aliphatic heterocycles. The molecule has 0 fully saturated rings. The lowest BCUT2D eigenvalue weighted by Crippen LogP contribution is -2.45. The number of rotatable bonds is 7. The van der Waals surface area contributed by atoms with E-state index in [2.05, 4.69) is 20.8 Å². The van der Waals surface area contributed by atoms with Crippen molar-refractivity contribution in [3.05, 3.63) is 0 Å². The van der Waals surface area contributed by atoms with Gasteiger partial charge in [0.1, 0.15) is 0 Å². The predicted octanol–water partition coefficient (Wildman–Crippen LogP) is 1.93. The van der Waals surface area contributed by atoms with Gasteiger partial charge in [-0.2, -0.15) is 0 Å². The molecule has 0 bridgehead atoms. The van der Waals surface area contributed by atoms with Crippen molar-refractivity contribution >= 4 is 0 Å². The predicted molar refractivity (Wildman–Crippen MR) is 63.8 cm³/mol. The molecule has 2 atom stereocenters. The summed E-state index contributed by atoms with van der Waals surface area (Å²) in [7, 11) is 0. The summed E-state index contributed by atoms with van der Waals surface area (Å²) in [5, 5.41) is 9.26. The van der Waals surface area contributed by atoms with Crippen LogP contribution in [-0.4, -0.2) is 29.5 Å². The Morgan fingerprint density at radius 2 is 1.87 bits per heavy atom. The fourth-order valence-corrected chi connectivity index (χ4v) is 1.45. The van der Waals surface area contributed by atoms with Crippen molar-refractivity contribution in [3.8, 4) is 0 Å². The van der Waals surface area contributed by atoms with Gasteiger partial charge in [-0.3, -0.25) is 0 Å². The van der Waals surface area contributed by atoms with Crippen molar-refractivity contribution in [2.45, 2.75) is 65.2 Å². The minimum absolute atomic E-state index is 0.00266. The molecule has 0 aliphatic rings. The molecular weight excluding hydrogens is 190 g/mol. The van der Waals surface area contributed by atoms with Gasteiger partial charge in [-0.25, -0.2) is 0 Å². The van der Waals surface area contributed by atoms with E-state index in [1.165, 1.54) is 0 Å². The first kappa shape index (κ1) is 14.9. The Morgan fingerprint density at radius 3 is 2.20 bits per heavy atom. The van der Waals surface area contributed by atoms with Gasteiger partial charge in [0.25, 0.3) is 0 Å². The number of aliphatic hydroxyl groups excluding tert-OH is 1. The van der Waals surface area contributed by atoms with Crippen LogP contribution in [0.2, 0.25) is 0 Å². The second kappa shape index (κ2) is 6.46. The lowest BCUT2D eigenvalue weighted by Gasteiger charge is -2.32. The quantitative estimate of drug-likeness (QED) is 0.685. The van der Waals surface area contributed by atoms with Gasteiger partial charge in [-0.1, -0.05) is 20.8 Å². The first-order valence-electron chi connectivity index (χ1n) is 5.86. The van der Waals surface area contributed by atoms with E-state index in [0.29, 0.717) is 5.92 Å². The monoisotopic (exact) mass is 217 g/mol. The van der Waals surface area contributed by atoms with E-state index in [-0.39, 0.29) is 24.4 Å². The highest BCUT2D eigenvalue weighted by molar-refractivity contribution is 4.78. The van der Waals surface area contributed by atoms with Crippen LogP contribution in [-0.2, 0) is 4.74 Å². The number of hydrogen-bond acceptors (Lipinski definition) is 3. The highest BCUT2D eigenvalue weighted by atomic mass is 16.5. The smallest absolute Gasteiger partial charge is 0.0963 e. The molecule has 3 nitrogen and oxygen atoms in total. The summed E-state index contributed by atoms with van der Waals surface area (Å²) < 4.78 is 5.82. The van der Waals surface area contributed by atoms with Crippen LogP contribution in [0.15, 0.2) is 0 Å². The molecule has 0 rings (SSSR count). The minimum atomic E-state index is -0.248. The summed E-state index contributed by atoms with van der Waals surface area (Å²) in [6.07, 6.45) is 1.55. The van der Waals surface area contributed by atoms with Crippen LogP contribution < -0.4 is 5.73 Å². The second-order valence-corrected chi connectivity index (χ2v) is 5.25. The van der Waals surface area contributed by atoms with Gasteiger partial charge in [0, 0.05) is 6.04 Å². The Balaban J connectivity index is 4.23. The SMILES string of the molecule is CCC(C)(C)OC(CO)C(N)CC(C)C. The van der Waals surface area contributed by atoms with Crippen molar-refractivity contribution < 1.29 is 9.84 Å². The molecule has 0 aromatic rings. The van der Waals surface area contributed by atoms with Crippen LogP contribution in [0.25, 0.3) is 0 Å². The Bertz CT molecular complexity index is 169. The molecule has 0 spiro atoms. The summed E-state index contributed by atoms with van der Waals surface area (Å²) >= 11 is 0. The molecule has 0 saturated heterocycles. The first-order chi connectivity index (χ1) is 6.82. The molecule has 0 aromatic heterocycles. The Kier molecular flexibility index (Phi) is 6.41. The van der Waals surface area contributed by atoms with Crippen LogP contribution in [0.3, 0.4) is 0 Å². The highest BCUT2D eigenvalue weighted by Crippen LogP contribution is 2.19. The average Bonchev–Trinajstić information content (AvgIpc) is 2.13. The maximum Gasteiger partial charge on any atom is 0.0963 e. The van der Waals surface area contributed by atoms with E-state index in [4.69, 9.17) is 10.5 Å². The normalized spacial score (nSPS) is 16.8. The van der Waals surface area contributed by atoms with Crippen LogP contribution in [0, 0.1) is 5.92 Å². The van der Waals surface area contributed by atoms with Crippen molar-refractivity contribution in [1.29, 1.82) is 0 Å². The molecule has 0 aliphatic carbocycles.